The summed E-state index contributed by atoms with van der Waals surface area (Å²) < 4.78 is 0. The van der Waals surface area contributed by atoms with E-state index >= 15 is 0 Å². The van der Waals surface area contributed by atoms with Gasteiger partial charge in [-0.25, -0.2) is 0 Å². The van der Waals surface area contributed by atoms with Gasteiger partial charge in [0.1, 0.15) is 0 Å². The van der Waals surface area contributed by atoms with E-state index in [1.54, 1.807) is 24.3 Å². The lowest BCUT2D eigenvalue weighted by Crippen LogP contribution is -2.30. The monoisotopic (exact) mass is 322 g/mol. The summed E-state index contributed by atoms with van der Waals surface area (Å²) in [5.74, 6) is -0.115. The molecular weight excluding hydrogens is 307 g/mol. The number of halogens is 2. The van der Waals surface area contributed by atoms with Gasteiger partial charge in [-0.05, 0) is 42.8 Å². The molecule has 3 nitrogen and oxygen atoms in total. The number of nitrogens with one attached hydrogen (secondary N) is 2. The maximum Gasteiger partial charge on any atom is 0.238 e. The van der Waals surface area contributed by atoms with Gasteiger partial charge >= 0.3 is 0 Å². The molecule has 2 aromatic carbocycles. The van der Waals surface area contributed by atoms with E-state index in [4.69, 9.17) is 23.2 Å². The van der Waals surface area contributed by atoms with Gasteiger partial charge in [-0.3, -0.25) is 4.79 Å². The summed E-state index contributed by atoms with van der Waals surface area (Å²) in [4.78, 5) is 11.9. The van der Waals surface area contributed by atoms with Crippen LogP contribution >= 0.6 is 23.2 Å². The quantitative estimate of drug-likeness (QED) is 0.862. The highest BCUT2D eigenvalue weighted by molar-refractivity contribution is 6.31. The molecule has 0 aliphatic rings. The zero-order valence-corrected chi connectivity index (χ0v) is 13.1. The van der Waals surface area contributed by atoms with Crippen molar-refractivity contribution in [2.45, 2.75) is 13.0 Å². The third-order valence-electron chi connectivity index (χ3n) is 3.07. The minimum absolute atomic E-state index is 0.00494. The van der Waals surface area contributed by atoms with Gasteiger partial charge in [-0.1, -0.05) is 41.4 Å². The van der Waals surface area contributed by atoms with Crippen LogP contribution < -0.4 is 10.6 Å². The van der Waals surface area contributed by atoms with Crippen LogP contribution in [-0.4, -0.2) is 12.5 Å². The molecule has 1 unspecified atom stereocenters. The SMILES string of the molecule is CC(NCC(=O)Nc1ccc(Cl)cc1)c1ccccc1Cl. The summed E-state index contributed by atoms with van der Waals surface area (Å²) in [5, 5.41) is 7.27. The molecule has 1 amide bonds. The van der Waals surface area contributed by atoms with Gasteiger partial charge in [0.15, 0.2) is 0 Å². The molecule has 0 fully saturated rings. The molecule has 0 aliphatic heterocycles. The maximum absolute atomic E-state index is 11.9. The van der Waals surface area contributed by atoms with E-state index in [1.165, 1.54) is 0 Å². The van der Waals surface area contributed by atoms with Crippen LogP contribution in [0.15, 0.2) is 48.5 Å². The van der Waals surface area contributed by atoms with Gasteiger partial charge in [0.05, 0.1) is 6.54 Å². The van der Waals surface area contributed by atoms with Crippen LogP contribution in [0.3, 0.4) is 0 Å². The minimum Gasteiger partial charge on any atom is -0.325 e. The first-order chi connectivity index (χ1) is 10.1. The van der Waals surface area contributed by atoms with E-state index in [1.807, 2.05) is 31.2 Å². The molecule has 0 spiro atoms. The maximum atomic E-state index is 11.9. The Morgan fingerprint density at radius 1 is 1.10 bits per heavy atom. The molecule has 2 rings (SSSR count). The normalized spacial score (nSPS) is 12.0. The van der Waals surface area contributed by atoms with Crippen LogP contribution in [0.25, 0.3) is 0 Å². The number of benzene rings is 2. The van der Waals surface area contributed by atoms with Crippen LogP contribution in [0.1, 0.15) is 18.5 Å². The fourth-order valence-corrected chi connectivity index (χ4v) is 2.35. The Morgan fingerprint density at radius 2 is 1.76 bits per heavy atom. The Bertz CT molecular complexity index is 614. The first kappa shape index (κ1) is 15.8. The fraction of sp³-hybridized carbons (Fsp3) is 0.188. The molecule has 21 heavy (non-hydrogen) atoms. The standard InChI is InChI=1S/C16H16Cl2N2O/c1-11(14-4-2-3-5-15(14)18)19-10-16(21)20-13-8-6-12(17)7-9-13/h2-9,11,19H,10H2,1H3,(H,20,21). The van der Waals surface area contributed by atoms with Crippen molar-refractivity contribution >= 4 is 34.8 Å². The largest absolute Gasteiger partial charge is 0.325 e. The number of carbonyl (C=O) groups excluding carboxylic acids is 1. The van der Waals surface area contributed by atoms with E-state index in [9.17, 15) is 4.79 Å². The molecular formula is C16H16Cl2N2O. The van der Waals surface area contributed by atoms with Crippen LogP contribution in [0.4, 0.5) is 5.69 Å². The summed E-state index contributed by atoms with van der Waals surface area (Å²) in [7, 11) is 0. The first-order valence-corrected chi connectivity index (χ1v) is 7.35. The number of hydrogen-bond donors (Lipinski definition) is 2. The molecule has 0 bridgehead atoms. The Morgan fingerprint density at radius 3 is 2.43 bits per heavy atom. The summed E-state index contributed by atoms with van der Waals surface area (Å²) in [6.45, 7) is 2.17. The lowest BCUT2D eigenvalue weighted by molar-refractivity contribution is -0.115. The Labute approximate surface area is 134 Å². The first-order valence-electron chi connectivity index (χ1n) is 6.59. The molecule has 0 saturated carbocycles. The highest BCUT2D eigenvalue weighted by Crippen LogP contribution is 2.21. The molecule has 0 aliphatic carbocycles. The lowest BCUT2D eigenvalue weighted by atomic mass is 10.1. The van der Waals surface area contributed by atoms with Crippen LogP contribution in [0.2, 0.25) is 10.0 Å². The van der Waals surface area contributed by atoms with Gasteiger partial charge in [-0.2, -0.15) is 0 Å². The molecule has 0 heterocycles. The molecule has 0 radical (unpaired) electrons. The average molecular weight is 323 g/mol. The minimum atomic E-state index is -0.115. The second kappa shape index (κ2) is 7.46. The van der Waals surface area contributed by atoms with Crippen molar-refractivity contribution in [3.63, 3.8) is 0 Å². The molecule has 1 atom stereocenters. The van der Waals surface area contributed by atoms with Gasteiger partial charge in [0.25, 0.3) is 0 Å². The third-order valence-corrected chi connectivity index (χ3v) is 3.66. The number of hydrogen-bond acceptors (Lipinski definition) is 2. The zero-order valence-electron chi connectivity index (χ0n) is 11.6. The topological polar surface area (TPSA) is 41.1 Å². The third kappa shape index (κ3) is 4.74. The fourth-order valence-electron chi connectivity index (χ4n) is 1.92. The Kier molecular flexibility index (Phi) is 5.62. The van der Waals surface area contributed by atoms with Crippen molar-refractivity contribution in [3.05, 3.63) is 64.1 Å². The lowest BCUT2D eigenvalue weighted by Gasteiger charge is -2.15. The second-order valence-electron chi connectivity index (χ2n) is 4.68. The molecule has 110 valence electrons. The van der Waals surface area contributed by atoms with Crippen molar-refractivity contribution in [1.82, 2.24) is 5.32 Å². The van der Waals surface area contributed by atoms with Crippen molar-refractivity contribution < 1.29 is 4.79 Å². The van der Waals surface area contributed by atoms with Crippen molar-refractivity contribution in [2.75, 3.05) is 11.9 Å². The summed E-state index contributed by atoms with van der Waals surface area (Å²) in [6.07, 6.45) is 0. The molecule has 5 heteroatoms. The van der Waals surface area contributed by atoms with Crippen molar-refractivity contribution in [3.8, 4) is 0 Å². The highest BCUT2D eigenvalue weighted by atomic mass is 35.5. The van der Waals surface area contributed by atoms with Crippen molar-refractivity contribution in [2.24, 2.45) is 0 Å². The number of rotatable bonds is 5. The number of anilines is 1. The summed E-state index contributed by atoms with van der Waals surface area (Å²) in [5.41, 5.74) is 1.69. The van der Waals surface area contributed by atoms with E-state index in [-0.39, 0.29) is 18.5 Å². The smallest absolute Gasteiger partial charge is 0.238 e. The van der Waals surface area contributed by atoms with Crippen LogP contribution in [0, 0.1) is 0 Å². The van der Waals surface area contributed by atoms with Crippen LogP contribution in [-0.2, 0) is 4.79 Å². The van der Waals surface area contributed by atoms with Crippen LogP contribution in [0.5, 0.6) is 0 Å². The molecule has 2 N–H and O–H groups in total. The van der Waals surface area contributed by atoms with E-state index in [0.717, 1.165) is 11.3 Å². The Balaban J connectivity index is 1.86. The van der Waals surface area contributed by atoms with Gasteiger partial charge in [0.2, 0.25) is 5.91 Å². The highest BCUT2D eigenvalue weighted by Gasteiger charge is 2.10. The van der Waals surface area contributed by atoms with E-state index in [0.29, 0.717) is 10.0 Å². The molecule has 0 saturated heterocycles. The Hall–Kier alpha value is -1.55. The van der Waals surface area contributed by atoms with Crippen molar-refractivity contribution in [1.29, 1.82) is 0 Å². The zero-order chi connectivity index (χ0) is 15.2. The van der Waals surface area contributed by atoms with Gasteiger partial charge in [-0.15, -0.1) is 0 Å². The van der Waals surface area contributed by atoms with E-state index in [2.05, 4.69) is 10.6 Å². The number of carbonyl (C=O) groups is 1. The average Bonchev–Trinajstić information content (AvgIpc) is 2.48. The predicted octanol–water partition coefficient (Wildman–Crippen LogP) is 4.28. The molecule has 2 aromatic rings. The van der Waals surface area contributed by atoms with Gasteiger partial charge in [0, 0.05) is 21.8 Å². The van der Waals surface area contributed by atoms with Gasteiger partial charge < -0.3 is 10.6 Å². The number of amides is 1. The molecule has 0 aromatic heterocycles. The second-order valence-corrected chi connectivity index (χ2v) is 5.52. The predicted molar refractivity (Wildman–Crippen MR) is 88.0 cm³/mol. The summed E-state index contributed by atoms with van der Waals surface area (Å²) >= 11 is 11.9. The summed E-state index contributed by atoms with van der Waals surface area (Å²) in [6, 6.07) is 14.6. The van der Waals surface area contributed by atoms with E-state index < -0.39 is 0 Å².